The molecule has 2 rings (SSSR count). The number of amidine groups is 1. The fraction of sp³-hybridized carbons (Fsp3) is 0.364. The van der Waals surface area contributed by atoms with Crippen LogP contribution in [-0.2, 0) is 0 Å². The highest BCUT2D eigenvalue weighted by Gasteiger charge is 2.27. The molecule has 1 aliphatic rings. The van der Waals surface area contributed by atoms with E-state index in [-0.39, 0.29) is 11.7 Å². The minimum absolute atomic E-state index is 0.102. The SMILES string of the molecule is CN(c1ccc(C(=N)N)cc1F)C1CC1. The average molecular weight is 207 g/mol. The van der Waals surface area contributed by atoms with E-state index in [9.17, 15) is 4.39 Å². The van der Waals surface area contributed by atoms with Crippen molar-refractivity contribution in [2.45, 2.75) is 18.9 Å². The third kappa shape index (κ3) is 1.93. The molecule has 1 fully saturated rings. The van der Waals surface area contributed by atoms with Crippen molar-refractivity contribution in [2.75, 3.05) is 11.9 Å². The van der Waals surface area contributed by atoms with Gasteiger partial charge in [0.05, 0.1) is 5.69 Å². The van der Waals surface area contributed by atoms with E-state index < -0.39 is 0 Å². The molecule has 0 unspecified atom stereocenters. The molecule has 4 heteroatoms. The quantitative estimate of drug-likeness (QED) is 0.585. The Morgan fingerprint density at radius 2 is 2.20 bits per heavy atom. The van der Waals surface area contributed by atoms with Gasteiger partial charge in [-0.1, -0.05) is 0 Å². The van der Waals surface area contributed by atoms with Gasteiger partial charge in [0.2, 0.25) is 0 Å². The third-order valence-electron chi connectivity index (χ3n) is 2.73. The average Bonchev–Trinajstić information content (AvgIpc) is 2.99. The molecule has 1 aromatic carbocycles. The maximum Gasteiger partial charge on any atom is 0.147 e. The van der Waals surface area contributed by atoms with Gasteiger partial charge in [-0.05, 0) is 31.0 Å². The second-order valence-corrected chi connectivity index (χ2v) is 3.92. The highest BCUT2D eigenvalue weighted by Crippen LogP contribution is 2.31. The first-order valence-corrected chi connectivity index (χ1v) is 4.96. The molecule has 3 nitrogen and oxygen atoms in total. The molecule has 0 amide bonds. The monoisotopic (exact) mass is 207 g/mol. The van der Waals surface area contributed by atoms with Crippen molar-refractivity contribution >= 4 is 11.5 Å². The number of rotatable bonds is 3. The van der Waals surface area contributed by atoms with E-state index in [1.54, 1.807) is 12.1 Å². The fourth-order valence-corrected chi connectivity index (χ4v) is 1.62. The van der Waals surface area contributed by atoms with Crippen molar-refractivity contribution in [3.05, 3.63) is 29.6 Å². The fourth-order valence-electron chi connectivity index (χ4n) is 1.62. The summed E-state index contributed by atoms with van der Waals surface area (Å²) in [6, 6.07) is 5.16. The van der Waals surface area contributed by atoms with Crippen molar-refractivity contribution in [3.63, 3.8) is 0 Å². The maximum atomic E-state index is 13.7. The number of nitrogens with zero attached hydrogens (tertiary/aromatic N) is 1. The lowest BCUT2D eigenvalue weighted by atomic mass is 10.1. The van der Waals surface area contributed by atoms with Gasteiger partial charge in [0, 0.05) is 18.7 Å². The second kappa shape index (κ2) is 3.53. The maximum absolute atomic E-state index is 13.7. The number of nitrogens with two attached hydrogens (primary N) is 1. The Balaban J connectivity index is 2.29. The first-order chi connectivity index (χ1) is 7.09. The summed E-state index contributed by atoms with van der Waals surface area (Å²) in [7, 11) is 1.89. The number of nitrogen functional groups attached to an aromatic ring is 1. The molecule has 3 N–H and O–H groups in total. The lowest BCUT2D eigenvalue weighted by molar-refractivity contribution is 0.621. The van der Waals surface area contributed by atoms with Gasteiger partial charge in [-0.2, -0.15) is 0 Å². The van der Waals surface area contributed by atoms with E-state index >= 15 is 0 Å². The van der Waals surface area contributed by atoms with Crippen LogP contribution in [0.3, 0.4) is 0 Å². The molecular weight excluding hydrogens is 193 g/mol. The zero-order valence-electron chi connectivity index (χ0n) is 8.63. The van der Waals surface area contributed by atoms with Gasteiger partial charge < -0.3 is 10.6 Å². The van der Waals surface area contributed by atoms with Crippen molar-refractivity contribution in [1.29, 1.82) is 5.41 Å². The molecular formula is C11H14FN3. The highest BCUT2D eigenvalue weighted by molar-refractivity contribution is 5.95. The van der Waals surface area contributed by atoms with Crippen LogP contribution in [0.2, 0.25) is 0 Å². The van der Waals surface area contributed by atoms with Gasteiger partial charge in [-0.3, -0.25) is 5.41 Å². The van der Waals surface area contributed by atoms with E-state index in [2.05, 4.69) is 0 Å². The lowest BCUT2D eigenvalue weighted by Crippen LogP contribution is -2.21. The number of anilines is 1. The summed E-state index contributed by atoms with van der Waals surface area (Å²) >= 11 is 0. The summed E-state index contributed by atoms with van der Waals surface area (Å²) < 4.78 is 13.7. The van der Waals surface area contributed by atoms with Crippen molar-refractivity contribution < 1.29 is 4.39 Å². The Hall–Kier alpha value is -1.58. The summed E-state index contributed by atoms with van der Waals surface area (Å²) in [5.41, 5.74) is 6.30. The first-order valence-electron chi connectivity index (χ1n) is 4.96. The molecule has 0 spiro atoms. The standard InChI is InChI=1S/C11H14FN3/c1-15(8-3-4-8)10-5-2-7(11(13)14)6-9(10)12/h2,5-6,8H,3-4H2,1H3,(H3,13,14). The van der Waals surface area contributed by atoms with Gasteiger partial charge in [0.1, 0.15) is 11.7 Å². The van der Waals surface area contributed by atoms with Crippen LogP contribution in [0.4, 0.5) is 10.1 Å². The molecule has 0 radical (unpaired) electrons. The van der Waals surface area contributed by atoms with Gasteiger partial charge in [0.15, 0.2) is 0 Å². The summed E-state index contributed by atoms with van der Waals surface area (Å²) in [5, 5.41) is 7.20. The Morgan fingerprint density at radius 3 is 2.67 bits per heavy atom. The van der Waals surface area contributed by atoms with Crippen LogP contribution in [0, 0.1) is 11.2 Å². The van der Waals surface area contributed by atoms with Crippen LogP contribution in [0.5, 0.6) is 0 Å². The molecule has 1 aromatic rings. The minimum atomic E-state index is -0.308. The van der Waals surface area contributed by atoms with E-state index in [0.29, 0.717) is 17.3 Å². The van der Waals surface area contributed by atoms with Crippen LogP contribution in [-0.4, -0.2) is 18.9 Å². The normalized spacial score (nSPS) is 15.1. The van der Waals surface area contributed by atoms with Crippen LogP contribution in [0.15, 0.2) is 18.2 Å². The second-order valence-electron chi connectivity index (χ2n) is 3.92. The molecule has 0 aliphatic heterocycles. The predicted octanol–water partition coefficient (Wildman–Crippen LogP) is 1.71. The summed E-state index contributed by atoms with van der Waals surface area (Å²) in [6.45, 7) is 0. The highest BCUT2D eigenvalue weighted by atomic mass is 19.1. The largest absolute Gasteiger partial charge is 0.384 e. The molecule has 0 heterocycles. The van der Waals surface area contributed by atoms with Crippen LogP contribution in [0.1, 0.15) is 18.4 Å². The van der Waals surface area contributed by atoms with Crippen molar-refractivity contribution in [1.82, 2.24) is 0 Å². The first kappa shape index (κ1) is 9.96. The molecule has 0 aromatic heterocycles. The van der Waals surface area contributed by atoms with Gasteiger partial charge in [0.25, 0.3) is 0 Å². The molecule has 1 saturated carbocycles. The summed E-state index contributed by atoms with van der Waals surface area (Å²) in [6.07, 6.45) is 2.26. The number of nitrogens with one attached hydrogen (secondary N) is 1. The molecule has 0 bridgehead atoms. The van der Waals surface area contributed by atoms with Crippen LogP contribution in [0.25, 0.3) is 0 Å². The Bertz CT molecular complexity index is 399. The number of hydrogen-bond donors (Lipinski definition) is 2. The molecule has 15 heavy (non-hydrogen) atoms. The molecule has 0 atom stereocenters. The van der Waals surface area contributed by atoms with E-state index in [1.807, 2.05) is 11.9 Å². The Labute approximate surface area is 88.2 Å². The van der Waals surface area contributed by atoms with Crippen molar-refractivity contribution in [2.24, 2.45) is 5.73 Å². The zero-order valence-corrected chi connectivity index (χ0v) is 8.63. The topological polar surface area (TPSA) is 53.1 Å². The smallest absolute Gasteiger partial charge is 0.147 e. The van der Waals surface area contributed by atoms with Crippen LogP contribution >= 0.6 is 0 Å². The molecule has 1 aliphatic carbocycles. The van der Waals surface area contributed by atoms with Gasteiger partial charge in [-0.25, -0.2) is 4.39 Å². The van der Waals surface area contributed by atoms with E-state index in [0.717, 1.165) is 12.8 Å². The summed E-state index contributed by atoms with van der Waals surface area (Å²) in [4.78, 5) is 1.94. The van der Waals surface area contributed by atoms with E-state index in [4.69, 9.17) is 11.1 Å². The Morgan fingerprint density at radius 1 is 1.53 bits per heavy atom. The summed E-state index contributed by atoms with van der Waals surface area (Å²) in [5.74, 6) is -0.411. The molecule has 0 saturated heterocycles. The number of hydrogen-bond acceptors (Lipinski definition) is 2. The minimum Gasteiger partial charge on any atom is -0.384 e. The lowest BCUT2D eigenvalue weighted by Gasteiger charge is -2.19. The van der Waals surface area contributed by atoms with Crippen molar-refractivity contribution in [3.8, 4) is 0 Å². The van der Waals surface area contributed by atoms with Gasteiger partial charge >= 0.3 is 0 Å². The number of benzene rings is 1. The predicted molar refractivity (Wildman–Crippen MR) is 58.8 cm³/mol. The molecule has 80 valence electrons. The Kier molecular flexibility index (Phi) is 2.34. The number of halogens is 1. The third-order valence-corrected chi connectivity index (χ3v) is 2.73. The van der Waals surface area contributed by atoms with Gasteiger partial charge in [-0.15, -0.1) is 0 Å². The zero-order chi connectivity index (χ0) is 11.0. The van der Waals surface area contributed by atoms with Crippen LogP contribution < -0.4 is 10.6 Å². The van der Waals surface area contributed by atoms with E-state index in [1.165, 1.54) is 6.07 Å².